The van der Waals surface area contributed by atoms with Crippen molar-refractivity contribution < 1.29 is 37.2 Å². The molecule has 0 spiro atoms. The summed E-state index contributed by atoms with van der Waals surface area (Å²) in [5.41, 5.74) is 1.66. The number of nitrogens with one attached hydrogen (secondary N) is 1. The molecule has 1 aromatic heterocycles. The van der Waals surface area contributed by atoms with Crippen molar-refractivity contribution in [3.63, 3.8) is 0 Å². The summed E-state index contributed by atoms with van der Waals surface area (Å²) >= 11 is 6.11. The van der Waals surface area contributed by atoms with Gasteiger partial charge in [-0.3, -0.25) is 9.78 Å². The van der Waals surface area contributed by atoms with Crippen molar-refractivity contribution in [1.29, 1.82) is 0 Å². The first-order chi connectivity index (χ1) is 15.6. The largest absolute Gasteiger partial charge is 1.00 e. The number of allylic oxidation sites excluding steroid dienone is 1. The third-order valence-corrected chi connectivity index (χ3v) is 5.58. The predicted octanol–water partition coefficient (Wildman–Crippen LogP) is 2.36. The second-order valence-corrected chi connectivity index (χ2v) is 8.45. The number of Topliss-reactive ketones (excluding diaryl/α,β-unsaturated/α-hetero) is 1. The molecule has 1 aliphatic heterocycles. The Kier molecular flexibility index (Phi) is 12.8. The number of nitrogens with zero attached hydrogens (tertiary/aromatic N) is 2. The number of rotatable bonds is 9. The van der Waals surface area contributed by atoms with Crippen molar-refractivity contribution >= 4 is 23.7 Å². The van der Waals surface area contributed by atoms with E-state index in [1.165, 1.54) is 6.08 Å². The topological polar surface area (TPSA) is 64.0 Å². The monoisotopic (exact) mass is 483 g/mol. The van der Waals surface area contributed by atoms with Crippen LogP contribution in [0.3, 0.4) is 0 Å². The Balaban J connectivity index is 0.000000380. The van der Waals surface area contributed by atoms with Crippen molar-refractivity contribution in [1.82, 2.24) is 14.9 Å². The molecule has 2 atom stereocenters. The third-order valence-electron chi connectivity index (χ3n) is 5.21. The van der Waals surface area contributed by atoms with Crippen LogP contribution in [-0.4, -0.2) is 40.1 Å². The second-order valence-electron chi connectivity index (χ2n) is 8.04. The molecule has 34 heavy (non-hydrogen) atoms. The molecule has 3 rings (SSSR count). The number of carbonyl (C=O) groups excluding carboxylic acids is 2. The first-order valence-electron chi connectivity index (χ1n) is 10.8. The Bertz CT molecular complexity index is 963. The average molecular weight is 484 g/mol. The minimum atomic E-state index is -2.58. The number of carbonyl (C=O) groups is 1. The fourth-order valence-corrected chi connectivity index (χ4v) is 3.84. The smallest absolute Gasteiger partial charge is 0.419 e. The number of alkyl halides is 2. The van der Waals surface area contributed by atoms with Gasteiger partial charge < -0.3 is 28.5 Å². The standard InChI is InChI=1S/C17H19ClN2O.C8H10F2NO.Li/c1-12(2)20-13(3)19-11-16(20)17(21)10-6-8-14-7-4-5-9-15(14)18;9-8(10)5-7(11-6-8)3-1-2-4-12;/h4-5,7,9,11-12H,1,3,6,8,10H2,2H3;1-2,7,11H,3,5-6H2;/q-2;-1;+1/b;2-1+;/t12-;;/m1../s1. The van der Waals surface area contributed by atoms with Gasteiger partial charge in [0.15, 0.2) is 5.78 Å². The zero-order valence-electron chi connectivity index (χ0n) is 19.7. The second kappa shape index (κ2) is 14.5. The van der Waals surface area contributed by atoms with E-state index in [1.54, 1.807) is 23.1 Å². The summed E-state index contributed by atoms with van der Waals surface area (Å²) in [5, 5.41) is 3.43. The van der Waals surface area contributed by atoms with Crippen LogP contribution < -0.4 is 24.2 Å². The summed E-state index contributed by atoms with van der Waals surface area (Å²) in [6, 6.07) is 7.45. The Hall–Kier alpha value is -1.91. The van der Waals surface area contributed by atoms with Crippen LogP contribution in [0.5, 0.6) is 0 Å². The first kappa shape index (κ1) is 30.1. The van der Waals surface area contributed by atoms with Gasteiger partial charge in [0.1, 0.15) is 0 Å². The molecule has 1 fully saturated rings. The van der Waals surface area contributed by atoms with Crippen LogP contribution in [0.2, 0.25) is 5.02 Å². The zero-order valence-corrected chi connectivity index (χ0v) is 20.5. The van der Waals surface area contributed by atoms with Crippen LogP contribution in [0.4, 0.5) is 8.78 Å². The number of ketones is 1. The molecule has 2 heterocycles. The molecule has 1 aliphatic rings. The SMILES string of the molecule is O=[C-]/C=C/CC1CC(F)(F)CN1.[CH2-]c1ncc(C(=O)CCCc2ccccc2Cl)n1[C@H]([CH2-])C.[Li+]. The van der Waals surface area contributed by atoms with Crippen LogP contribution in [0.25, 0.3) is 0 Å². The number of halogens is 3. The summed E-state index contributed by atoms with van der Waals surface area (Å²) in [5.74, 6) is -1.93. The number of imidazole rings is 1. The number of aromatic nitrogens is 2. The number of hydrogen-bond acceptors (Lipinski definition) is 4. The van der Waals surface area contributed by atoms with Gasteiger partial charge in [-0.2, -0.15) is 6.08 Å². The van der Waals surface area contributed by atoms with Gasteiger partial charge >= 0.3 is 18.9 Å². The molecular weight excluding hydrogens is 455 g/mol. The number of hydrogen-bond donors (Lipinski definition) is 1. The fourth-order valence-electron chi connectivity index (χ4n) is 3.61. The van der Waals surface area contributed by atoms with E-state index < -0.39 is 5.92 Å². The van der Waals surface area contributed by atoms with Gasteiger partial charge in [-0.25, -0.2) is 14.9 Å². The van der Waals surface area contributed by atoms with E-state index in [-0.39, 0.29) is 49.7 Å². The molecule has 1 N–H and O–H groups in total. The summed E-state index contributed by atoms with van der Waals surface area (Å²) in [6.07, 6.45) is 8.23. The molecule has 0 bridgehead atoms. The quantitative estimate of drug-likeness (QED) is 0.257. The average Bonchev–Trinajstić information content (AvgIpc) is 3.32. The van der Waals surface area contributed by atoms with E-state index >= 15 is 0 Å². The van der Waals surface area contributed by atoms with Crippen molar-refractivity contribution in [2.75, 3.05) is 6.54 Å². The molecule has 0 amide bonds. The molecule has 5 nitrogen and oxygen atoms in total. The molecule has 9 heteroatoms. The van der Waals surface area contributed by atoms with Crippen LogP contribution >= 0.6 is 11.6 Å². The van der Waals surface area contributed by atoms with Crippen molar-refractivity contribution in [2.24, 2.45) is 0 Å². The summed E-state index contributed by atoms with van der Waals surface area (Å²) in [4.78, 5) is 26.1. The molecule has 1 saturated heterocycles. The summed E-state index contributed by atoms with van der Waals surface area (Å²) in [7, 11) is 0. The van der Waals surface area contributed by atoms with Gasteiger partial charge in [-0.05, 0) is 36.6 Å². The Morgan fingerprint density at radius 2 is 2.15 bits per heavy atom. The van der Waals surface area contributed by atoms with Crippen LogP contribution in [0, 0.1) is 13.8 Å². The van der Waals surface area contributed by atoms with Gasteiger partial charge in [0.25, 0.3) is 5.92 Å². The van der Waals surface area contributed by atoms with Gasteiger partial charge in [-0.1, -0.05) is 49.2 Å². The maximum atomic E-state index is 12.5. The molecule has 180 valence electrons. The molecule has 2 aromatic rings. The molecular formula is C25H29ClF2LiN3O2-2. The van der Waals surface area contributed by atoms with Crippen LogP contribution in [0.1, 0.15) is 60.5 Å². The summed E-state index contributed by atoms with van der Waals surface area (Å²) in [6.45, 7) is 9.42. The Morgan fingerprint density at radius 3 is 2.74 bits per heavy atom. The van der Waals surface area contributed by atoms with Gasteiger partial charge in [0.05, 0.1) is 18.4 Å². The molecule has 0 saturated carbocycles. The molecule has 0 radical (unpaired) electrons. The summed E-state index contributed by atoms with van der Waals surface area (Å²) < 4.78 is 26.9. The van der Waals surface area contributed by atoms with Crippen molar-refractivity contribution in [2.45, 2.75) is 57.0 Å². The molecule has 1 aromatic carbocycles. The fraction of sp³-hybridized carbons (Fsp3) is 0.400. The van der Waals surface area contributed by atoms with Crippen LogP contribution in [0.15, 0.2) is 42.6 Å². The van der Waals surface area contributed by atoms with Gasteiger partial charge in [0.2, 0.25) is 0 Å². The minimum Gasteiger partial charge on any atom is -0.419 e. The molecule has 1 unspecified atom stereocenters. The number of benzene rings is 1. The molecule has 0 aliphatic carbocycles. The minimum absolute atomic E-state index is 0. The maximum absolute atomic E-state index is 12.5. The van der Waals surface area contributed by atoms with Crippen LogP contribution in [-0.2, 0) is 11.2 Å². The normalized spacial score (nSPS) is 17.5. The van der Waals surface area contributed by atoms with Gasteiger partial charge in [0, 0.05) is 23.9 Å². The van der Waals surface area contributed by atoms with Crippen molar-refractivity contribution in [3.8, 4) is 0 Å². The van der Waals surface area contributed by atoms with E-state index in [2.05, 4.69) is 24.1 Å². The van der Waals surface area contributed by atoms with E-state index in [0.717, 1.165) is 23.4 Å². The zero-order chi connectivity index (χ0) is 24.4. The Labute approximate surface area is 217 Å². The van der Waals surface area contributed by atoms with Gasteiger partial charge in [-0.15, -0.1) is 0 Å². The first-order valence-corrected chi connectivity index (χ1v) is 11.1. The van der Waals surface area contributed by atoms with E-state index in [0.29, 0.717) is 24.4 Å². The number of aryl methyl sites for hydroxylation is 1. The van der Waals surface area contributed by atoms with E-state index in [4.69, 9.17) is 11.6 Å². The van der Waals surface area contributed by atoms with E-state index in [9.17, 15) is 18.4 Å². The predicted molar refractivity (Wildman–Crippen MR) is 126 cm³/mol. The third kappa shape index (κ3) is 9.38. The van der Waals surface area contributed by atoms with E-state index in [1.807, 2.05) is 31.2 Å². The van der Waals surface area contributed by atoms with Crippen molar-refractivity contribution in [3.05, 3.63) is 78.6 Å². The maximum Gasteiger partial charge on any atom is 1.00 e. The Morgan fingerprint density at radius 1 is 1.44 bits per heavy atom.